The van der Waals surface area contributed by atoms with Crippen LogP contribution in [0.25, 0.3) is 28.4 Å². The van der Waals surface area contributed by atoms with Gasteiger partial charge in [0.1, 0.15) is 12.4 Å². The number of imidazole rings is 1. The summed E-state index contributed by atoms with van der Waals surface area (Å²) in [7, 11) is -1.17. The molecule has 12 nitrogen and oxygen atoms in total. The lowest BCUT2D eigenvalue weighted by Gasteiger charge is -2.28. The summed E-state index contributed by atoms with van der Waals surface area (Å²) in [6.07, 6.45) is 3.48. The molecule has 13 heteroatoms. The van der Waals surface area contributed by atoms with Gasteiger partial charge >= 0.3 is 0 Å². The molecule has 0 saturated carbocycles. The van der Waals surface area contributed by atoms with Gasteiger partial charge in [-0.05, 0) is 34.7 Å². The molecule has 1 aliphatic rings. The van der Waals surface area contributed by atoms with Gasteiger partial charge in [0, 0.05) is 39.5 Å². The quantitative estimate of drug-likeness (QED) is 0.264. The highest BCUT2D eigenvalue weighted by molar-refractivity contribution is 6.76. The number of hydrogen-bond donors (Lipinski definition) is 1. The first kappa shape index (κ1) is 24.4. The van der Waals surface area contributed by atoms with Crippen molar-refractivity contribution in [3.63, 3.8) is 0 Å². The van der Waals surface area contributed by atoms with Crippen LogP contribution in [0.4, 0.5) is 5.69 Å². The van der Waals surface area contributed by atoms with Crippen molar-refractivity contribution in [1.29, 1.82) is 0 Å². The van der Waals surface area contributed by atoms with E-state index in [1.807, 2.05) is 18.2 Å². The van der Waals surface area contributed by atoms with Crippen LogP contribution in [0.1, 0.15) is 5.69 Å². The average molecular weight is 510 g/mol. The molecule has 36 heavy (non-hydrogen) atoms. The maximum atomic E-state index is 10.1. The van der Waals surface area contributed by atoms with Gasteiger partial charge < -0.3 is 19.5 Å². The molecule has 4 aromatic rings. The van der Waals surface area contributed by atoms with Crippen molar-refractivity contribution >= 4 is 19.4 Å². The predicted octanol–water partition coefficient (Wildman–Crippen LogP) is 2.09. The van der Waals surface area contributed by atoms with E-state index in [4.69, 9.17) is 14.5 Å². The third-order valence-electron chi connectivity index (χ3n) is 6.08. The number of anilines is 1. The summed E-state index contributed by atoms with van der Waals surface area (Å²) in [5.41, 5.74) is 4.31. The molecule has 0 spiro atoms. The number of aliphatic hydroxyl groups is 1. The number of nitrogens with zero attached hydrogens (tertiary/aromatic N) is 9. The van der Waals surface area contributed by atoms with Gasteiger partial charge in [0.05, 0.1) is 43.1 Å². The molecule has 0 amide bonds. The topological polar surface area (TPSA) is 129 Å². The minimum absolute atomic E-state index is 0.212. The van der Waals surface area contributed by atoms with Gasteiger partial charge in [0.25, 0.3) is 0 Å². The van der Waals surface area contributed by atoms with E-state index < -0.39 is 8.07 Å². The summed E-state index contributed by atoms with van der Waals surface area (Å²) in [5.74, 6) is 0.530. The van der Waals surface area contributed by atoms with Gasteiger partial charge in [0.15, 0.2) is 5.65 Å². The number of aromatic nitrogens is 8. The molecule has 5 rings (SSSR count). The van der Waals surface area contributed by atoms with Gasteiger partial charge in [0.2, 0.25) is 5.82 Å². The molecule has 0 aromatic carbocycles. The summed E-state index contributed by atoms with van der Waals surface area (Å²) >= 11 is 0. The van der Waals surface area contributed by atoms with E-state index in [1.54, 1.807) is 21.6 Å². The lowest BCUT2D eigenvalue weighted by atomic mass is 10.1. The Morgan fingerprint density at radius 1 is 1.14 bits per heavy atom. The van der Waals surface area contributed by atoms with Gasteiger partial charge in [-0.3, -0.25) is 4.98 Å². The van der Waals surface area contributed by atoms with Crippen molar-refractivity contribution in [2.24, 2.45) is 0 Å². The summed E-state index contributed by atoms with van der Waals surface area (Å²) in [4.78, 5) is 11.6. The highest BCUT2D eigenvalue weighted by atomic mass is 28.3. The average Bonchev–Trinajstić information content (AvgIpc) is 3.51. The minimum Gasteiger partial charge on any atom is -0.390 e. The van der Waals surface area contributed by atoms with Crippen LogP contribution in [0.3, 0.4) is 0 Å². The molecule has 1 saturated heterocycles. The Morgan fingerprint density at radius 3 is 2.69 bits per heavy atom. The van der Waals surface area contributed by atoms with E-state index in [9.17, 15) is 5.11 Å². The smallest absolute Gasteiger partial charge is 0.202 e. The third-order valence-corrected chi connectivity index (χ3v) is 7.78. The lowest BCUT2D eigenvalue weighted by molar-refractivity contribution is 0.0783. The third kappa shape index (κ3) is 5.14. The lowest BCUT2D eigenvalue weighted by Crippen LogP contribution is -2.36. The number of aliphatic hydroxyl groups excluding tert-OH is 1. The first-order chi connectivity index (χ1) is 17.4. The maximum Gasteiger partial charge on any atom is 0.202 e. The molecule has 0 bridgehead atoms. The largest absolute Gasteiger partial charge is 0.390 e. The normalized spacial score (nSPS) is 14.6. The SMILES string of the molecule is C[Si](C)(C)CCOCn1nnnc1-c1ccc(-c2c(CO)nc3c(N4CCOCC4)ccnn23)cn1. The van der Waals surface area contributed by atoms with Crippen molar-refractivity contribution < 1.29 is 14.6 Å². The first-order valence-electron chi connectivity index (χ1n) is 12.1. The van der Waals surface area contributed by atoms with Crippen LogP contribution in [0, 0.1) is 0 Å². The predicted molar refractivity (Wildman–Crippen MR) is 136 cm³/mol. The fourth-order valence-electron chi connectivity index (χ4n) is 4.10. The summed E-state index contributed by atoms with van der Waals surface area (Å²) in [6.45, 7) is 10.6. The second kappa shape index (κ2) is 10.4. The monoisotopic (exact) mass is 509 g/mol. The number of morpholine rings is 1. The molecule has 0 radical (unpaired) electrons. The van der Waals surface area contributed by atoms with Crippen LogP contribution in [0.2, 0.25) is 25.7 Å². The Morgan fingerprint density at radius 2 is 1.97 bits per heavy atom. The highest BCUT2D eigenvalue weighted by Gasteiger charge is 2.22. The van der Waals surface area contributed by atoms with E-state index in [2.05, 4.69) is 50.1 Å². The molecule has 4 aromatic heterocycles. The molecule has 0 atom stereocenters. The zero-order valence-electron chi connectivity index (χ0n) is 20.8. The Balaban J connectivity index is 1.40. The van der Waals surface area contributed by atoms with Crippen molar-refractivity contribution in [2.75, 3.05) is 37.8 Å². The van der Waals surface area contributed by atoms with Crippen LogP contribution in [0.15, 0.2) is 30.6 Å². The van der Waals surface area contributed by atoms with E-state index in [0.29, 0.717) is 48.4 Å². The van der Waals surface area contributed by atoms with Gasteiger partial charge in [-0.1, -0.05) is 19.6 Å². The van der Waals surface area contributed by atoms with Crippen molar-refractivity contribution in [3.8, 4) is 22.8 Å². The van der Waals surface area contributed by atoms with Crippen LogP contribution in [-0.2, 0) is 22.8 Å². The summed E-state index contributed by atoms with van der Waals surface area (Å²) < 4.78 is 14.7. The molecule has 190 valence electrons. The standard InChI is InChI=1S/C23H31N9O3Si/c1-36(2,3)13-12-35-16-31-22(27-28-29-31)18-5-4-17(14-24-18)21-19(15-33)26-23-20(6-7-25-32(21)23)30-8-10-34-11-9-30/h4-7,14,33H,8-13,15-16H2,1-3H3. The molecule has 0 unspecified atom stereocenters. The minimum atomic E-state index is -1.17. The number of ether oxygens (including phenoxy) is 2. The van der Waals surface area contributed by atoms with Gasteiger partial charge in [-0.2, -0.15) is 9.78 Å². The number of pyridine rings is 1. The number of tetrazole rings is 1. The Kier molecular flexibility index (Phi) is 7.05. The van der Waals surface area contributed by atoms with Gasteiger partial charge in [-0.25, -0.2) is 9.50 Å². The Hall–Kier alpha value is -3.26. The van der Waals surface area contributed by atoms with Crippen molar-refractivity contribution in [2.45, 2.75) is 39.0 Å². The van der Waals surface area contributed by atoms with Crippen LogP contribution >= 0.6 is 0 Å². The molecule has 0 aliphatic carbocycles. The maximum absolute atomic E-state index is 10.1. The van der Waals surface area contributed by atoms with Crippen LogP contribution in [-0.4, -0.2) is 85.9 Å². The summed E-state index contributed by atoms with van der Waals surface area (Å²) in [6, 6.07) is 6.79. The molecule has 1 fully saturated rings. The zero-order valence-corrected chi connectivity index (χ0v) is 21.8. The molecular formula is C23H31N9O3Si. The second-order valence-electron chi connectivity index (χ2n) is 9.90. The highest BCUT2D eigenvalue weighted by Crippen LogP contribution is 2.30. The zero-order chi connectivity index (χ0) is 25.1. The van der Waals surface area contributed by atoms with Crippen LogP contribution < -0.4 is 4.90 Å². The van der Waals surface area contributed by atoms with E-state index in [1.165, 1.54) is 0 Å². The van der Waals surface area contributed by atoms with E-state index >= 15 is 0 Å². The van der Waals surface area contributed by atoms with Crippen LogP contribution in [0.5, 0.6) is 0 Å². The summed E-state index contributed by atoms with van der Waals surface area (Å²) in [5, 5.41) is 26.6. The number of hydrogen-bond acceptors (Lipinski definition) is 10. The Labute approximate surface area is 209 Å². The fraction of sp³-hybridized carbons (Fsp3) is 0.478. The fourth-order valence-corrected chi connectivity index (χ4v) is 4.86. The first-order valence-corrected chi connectivity index (χ1v) is 15.8. The van der Waals surface area contributed by atoms with Gasteiger partial charge in [-0.15, -0.1) is 5.10 Å². The number of fused-ring (bicyclic) bond motifs is 1. The van der Waals surface area contributed by atoms with Crippen molar-refractivity contribution in [1.82, 2.24) is 39.8 Å². The Bertz CT molecular complexity index is 1310. The number of rotatable bonds is 9. The van der Waals surface area contributed by atoms with E-state index in [0.717, 1.165) is 30.4 Å². The second-order valence-corrected chi connectivity index (χ2v) is 15.5. The van der Waals surface area contributed by atoms with E-state index in [-0.39, 0.29) is 13.3 Å². The molecular weight excluding hydrogens is 478 g/mol. The molecule has 1 N–H and O–H groups in total. The molecule has 5 heterocycles. The molecule has 1 aliphatic heterocycles. The van der Waals surface area contributed by atoms with Crippen molar-refractivity contribution in [3.05, 3.63) is 36.3 Å².